The minimum atomic E-state index is -0.643. The third-order valence-corrected chi connectivity index (χ3v) is 7.81. The van der Waals surface area contributed by atoms with Gasteiger partial charge < -0.3 is 10.6 Å². The Labute approximate surface area is 256 Å². The van der Waals surface area contributed by atoms with E-state index in [-0.39, 0.29) is 24.1 Å². The van der Waals surface area contributed by atoms with Gasteiger partial charge in [-0.05, 0) is 34.7 Å². The summed E-state index contributed by atoms with van der Waals surface area (Å²) in [5.74, 6) is -0.759. The van der Waals surface area contributed by atoms with Crippen LogP contribution in [0.25, 0.3) is 12.2 Å². The summed E-state index contributed by atoms with van der Waals surface area (Å²) >= 11 is 0. The van der Waals surface area contributed by atoms with Crippen molar-refractivity contribution in [2.45, 2.75) is 52.2 Å². The fourth-order valence-corrected chi connectivity index (χ4v) is 5.27. The van der Waals surface area contributed by atoms with E-state index in [2.05, 4.69) is 75.0 Å². The predicted molar refractivity (Wildman–Crippen MR) is 173 cm³/mol. The van der Waals surface area contributed by atoms with Gasteiger partial charge in [0.2, 0.25) is 5.91 Å². The van der Waals surface area contributed by atoms with Crippen LogP contribution in [0.3, 0.4) is 0 Å². The summed E-state index contributed by atoms with van der Waals surface area (Å²) in [4.78, 5) is 42.3. The number of ketones is 1. The number of amides is 2. The van der Waals surface area contributed by atoms with Crippen LogP contribution in [-0.2, 0) is 22.7 Å². The van der Waals surface area contributed by atoms with Crippen LogP contribution in [0.5, 0.6) is 0 Å². The van der Waals surface area contributed by atoms with Gasteiger partial charge in [0.1, 0.15) is 0 Å². The van der Waals surface area contributed by atoms with Gasteiger partial charge in [-0.3, -0.25) is 24.2 Å². The molecule has 4 rings (SSSR count). The van der Waals surface area contributed by atoms with E-state index < -0.39 is 6.04 Å². The number of nitrogens with zero attached hydrogens (tertiary/aromatic N) is 2. The quantitative estimate of drug-likeness (QED) is 0.257. The predicted octanol–water partition coefficient (Wildman–Crippen LogP) is 5.17. The van der Waals surface area contributed by atoms with Gasteiger partial charge in [0.15, 0.2) is 5.78 Å². The van der Waals surface area contributed by atoms with E-state index in [4.69, 9.17) is 0 Å². The van der Waals surface area contributed by atoms with Gasteiger partial charge in [0.25, 0.3) is 5.91 Å². The van der Waals surface area contributed by atoms with Gasteiger partial charge in [0.05, 0.1) is 12.6 Å². The number of benzene rings is 3. The van der Waals surface area contributed by atoms with Gasteiger partial charge in [-0.25, -0.2) is 0 Å². The fraction of sp³-hybridized carbons (Fsp3) is 0.361. The second kappa shape index (κ2) is 16.5. The van der Waals surface area contributed by atoms with Gasteiger partial charge in [-0.1, -0.05) is 105 Å². The zero-order chi connectivity index (χ0) is 30.4. The monoisotopic (exact) mass is 580 g/mol. The van der Waals surface area contributed by atoms with Crippen molar-refractivity contribution >= 4 is 29.7 Å². The molecule has 0 spiro atoms. The molecule has 1 aliphatic rings. The molecular weight excluding hydrogens is 536 g/mol. The molecule has 0 aliphatic carbocycles. The molecule has 43 heavy (non-hydrogen) atoms. The maximum Gasteiger partial charge on any atom is 0.252 e. The minimum Gasteiger partial charge on any atom is -0.349 e. The van der Waals surface area contributed by atoms with E-state index >= 15 is 0 Å². The van der Waals surface area contributed by atoms with Crippen LogP contribution < -0.4 is 10.6 Å². The first-order chi connectivity index (χ1) is 20.9. The van der Waals surface area contributed by atoms with E-state index in [1.54, 1.807) is 6.07 Å². The Hall–Kier alpha value is -4.07. The summed E-state index contributed by atoms with van der Waals surface area (Å²) in [5, 5.41) is 5.46. The molecule has 7 heteroatoms. The van der Waals surface area contributed by atoms with E-state index in [0.717, 1.165) is 63.2 Å². The number of hydrogen-bond donors (Lipinski definition) is 2. The van der Waals surface area contributed by atoms with E-state index in [9.17, 15) is 14.4 Å². The normalized spacial score (nSPS) is 14.8. The summed E-state index contributed by atoms with van der Waals surface area (Å²) in [5.41, 5.74) is 5.00. The molecule has 3 aromatic rings. The van der Waals surface area contributed by atoms with Crippen molar-refractivity contribution in [3.8, 4) is 0 Å². The maximum atomic E-state index is 13.2. The number of Topliss-reactive ketones (excluding diaryl/α,β-unsaturated/α-hetero) is 1. The summed E-state index contributed by atoms with van der Waals surface area (Å²) in [6.07, 6.45) is 6.20. The average Bonchev–Trinajstić information content (AvgIpc) is 3.03. The van der Waals surface area contributed by atoms with E-state index in [1.165, 1.54) is 18.1 Å². The highest BCUT2D eigenvalue weighted by Gasteiger charge is 2.22. The van der Waals surface area contributed by atoms with E-state index in [1.807, 2.05) is 37.3 Å². The van der Waals surface area contributed by atoms with Crippen molar-refractivity contribution in [3.63, 3.8) is 0 Å². The first-order valence-electron chi connectivity index (χ1n) is 15.3. The number of unbranched alkanes of at least 4 members (excludes halogenated alkanes) is 1. The van der Waals surface area contributed by atoms with Crippen LogP contribution in [0.2, 0.25) is 0 Å². The lowest BCUT2D eigenvalue weighted by molar-refractivity contribution is -0.124. The van der Waals surface area contributed by atoms with Crippen molar-refractivity contribution in [2.75, 3.05) is 32.7 Å². The average molecular weight is 581 g/mol. The molecule has 2 amide bonds. The molecule has 1 fully saturated rings. The Bertz CT molecular complexity index is 1360. The van der Waals surface area contributed by atoms with Crippen LogP contribution in [-0.4, -0.2) is 66.2 Å². The molecule has 0 bridgehead atoms. The van der Waals surface area contributed by atoms with Gasteiger partial charge >= 0.3 is 0 Å². The topological polar surface area (TPSA) is 81.8 Å². The molecule has 1 heterocycles. The molecule has 0 aromatic heterocycles. The third kappa shape index (κ3) is 10.3. The summed E-state index contributed by atoms with van der Waals surface area (Å²) in [6.45, 7) is 9.54. The highest BCUT2D eigenvalue weighted by atomic mass is 16.2. The van der Waals surface area contributed by atoms with Crippen molar-refractivity contribution in [1.82, 2.24) is 20.4 Å². The molecule has 1 atom stereocenters. The standard InChI is InChI=1S/C36H44N4O3/c1-3-4-14-34(35(42)25-37-28(2)41)38-36(43)33-13-9-8-12-32(33)20-19-29-15-17-31(18-16-29)27-40-23-21-39(22-24-40)26-30-10-6-5-7-11-30/h5-13,15-20,34H,3-4,14,21-27H2,1-2H3,(H,37,41)(H,38,43). The number of carbonyl (C=O) groups excluding carboxylic acids is 3. The Balaban J connectivity index is 1.32. The molecule has 226 valence electrons. The molecule has 1 aliphatic heterocycles. The zero-order valence-electron chi connectivity index (χ0n) is 25.4. The lowest BCUT2D eigenvalue weighted by Crippen LogP contribution is -2.45. The smallest absolute Gasteiger partial charge is 0.252 e. The van der Waals surface area contributed by atoms with Crippen molar-refractivity contribution in [2.24, 2.45) is 0 Å². The summed E-state index contributed by atoms with van der Waals surface area (Å²) in [7, 11) is 0. The van der Waals surface area contributed by atoms with E-state index in [0.29, 0.717) is 12.0 Å². The van der Waals surface area contributed by atoms with Gasteiger partial charge in [-0.15, -0.1) is 0 Å². The van der Waals surface area contributed by atoms with Gasteiger partial charge in [-0.2, -0.15) is 0 Å². The largest absolute Gasteiger partial charge is 0.349 e. The van der Waals surface area contributed by atoms with Crippen LogP contribution in [0, 0.1) is 0 Å². The Morgan fingerprint density at radius 1 is 0.791 bits per heavy atom. The first kappa shape index (κ1) is 31.9. The van der Waals surface area contributed by atoms with Crippen LogP contribution in [0.4, 0.5) is 0 Å². The summed E-state index contributed by atoms with van der Waals surface area (Å²) < 4.78 is 0. The molecule has 3 aromatic carbocycles. The van der Waals surface area contributed by atoms with Crippen LogP contribution in [0.1, 0.15) is 65.7 Å². The number of piperazine rings is 1. The maximum absolute atomic E-state index is 13.2. The number of hydrogen-bond acceptors (Lipinski definition) is 5. The number of rotatable bonds is 14. The molecule has 1 unspecified atom stereocenters. The first-order valence-corrected chi connectivity index (χ1v) is 15.3. The molecule has 2 N–H and O–H groups in total. The van der Waals surface area contributed by atoms with Crippen molar-refractivity contribution in [1.29, 1.82) is 0 Å². The van der Waals surface area contributed by atoms with Crippen LogP contribution >= 0.6 is 0 Å². The number of nitrogens with one attached hydrogen (secondary N) is 2. The molecular formula is C36H44N4O3. The Kier molecular flexibility index (Phi) is 12.3. The van der Waals surface area contributed by atoms with Crippen molar-refractivity contribution < 1.29 is 14.4 Å². The molecule has 7 nitrogen and oxygen atoms in total. The van der Waals surface area contributed by atoms with Gasteiger partial charge in [0, 0.05) is 51.8 Å². The van der Waals surface area contributed by atoms with Crippen LogP contribution in [0.15, 0.2) is 78.9 Å². The zero-order valence-corrected chi connectivity index (χ0v) is 25.4. The molecule has 1 saturated heterocycles. The summed E-state index contributed by atoms with van der Waals surface area (Å²) in [6, 6.07) is 26.0. The second-order valence-electron chi connectivity index (χ2n) is 11.2. The SMILES string of the molecule is CCCCC(NC(=O)c1ccccc1C=Cc1ccc(CN2CCN(Cc3ccccc3)CC2)cc1)C(=O)CNC(C)=O. The second-order valence-corrected chi connectivity index (χ2v) is 11.2. The third-order valence-electron chi connectivity index (χ3n) is 7.81. The molecule has 0 radical (unpaired) electrons. The van der Waals surface area contributed by atoms with Crippen molar-refractivity contribution in [3.05, 3.63) is 107 Å². The fourth-order valence-electron chi connectivity index (χ4n) is 5.27. The molecule has 0 saturated carbocycles. The Morgan fingerprint density at radius 2 is 1.40 bits per heavy atom. The Morgan fingerprint density at radius 3 is 2.02 bits per heavy atom. The number of carbonyl (C=O) groups is 3. The highest BCUT2D eigenvalue weighted by Crippen LogP contribution is 2.17. The highest BCUT2D eigenvalue weighted by molar-refractivity contribution is 6.01. The minimum absolute atomic E-state index is 0.0913. The lowest BCUT2D eigenvalue weighted by Gasteiger charge is -2.34. The lowest BCUT2D eigenvalue weighted by atomic mass is 10.0.